The molecule has 180 valence electrons. The second-order valence-corrected chi connectivity index (χ2v) is 10.6. The van der Waals surface area contributed by atoms with Gasteiger partial charge in [-0.15, -0.1) is 0 Å². The molecule has 0 amide bonds. The van der Waals surface area contributed by atoms with Gasteiger partial charge in [0.25, 0.3) is 0 Å². The number of thiocarbonyl (C=S) groups is 1. The molecule has 2 aliphatic rings. The Labute approximate surface area is 194 Å². The highest BCUT2D eigenvalue weighted by Crippen LogP contribution is 2.39. The van der Waals surface area contributed by atoms with Crippen LogP contribution in [0, 0.1) is 0 Å². The average molecular weight is 505 g/mol. The lowest BCUT2D eigenvalue weighted by molar-refractivity contribution is -0.258. The molecule has 0 bridgehead atoms. The van der Waals surface area contributed by atoms with Crippen LogP contribution >= 0.6 is 12.2 Å². The molecule has 1 aromatic carbocycles. The summed E-state index contributed by atoms with van der Waals surface area (Å²) in [7, 11) is -4.02. The lowest BCUT2D eigenvalue weighted by Crippen LogP contribution is -2.60. The molecule has 1 fully saturated rings. The monoisotopic (exact) mass is 504 g/mol. The Morgan fingerprint density at radius 3 is 2.45 bits per heavy atom. The van der Waals surface area contributed by atoms with Gasteiger partial charge in [-0.2, -0.15) is 17.5 Å². The Kier molecular flexibility index (Phi) is 6.89. The zero-order valence-electron chi connectivity index (χ0n) is 17.6. The SMILES string of the molecule is CC(O)(c1ccc([C@@]2(CC(=O)O)CN(S(=O)(=O)C3=CC=CCC3=S)CCN2)cc1)C(F)(F)F. The molecule has 2 atom stereocenters. The Hall–Kier alpha value is -2.12. The molecule has 0 aromatic heterocycles. The largest absolute Gasteiger partial charge is 0.481 e. The molecule has 0 spiro atoms. The van der Waals surface area contributed by atoms with Crippen LogP contribution in [0.15, 0.2) is 47.4 Å². The number of piperazine rings is 1. The molecular formula is C21H23F3N2O5S2. The van der Waals surface area contributed by atoms with Gasteiger partial charge in [0.05, 0.1) is 16.9 Å². The number of sulfonamides is 1. The first kappa shape index (κ1) is 25.5. The van der Waals surface area contributed by atoms with Crippen LogP contribution in [0.1, 0.15) is 30.9 Å². The summed E-state index contributed by atoms with van der Waals surface area (Å²) >= 11 is 5.19. The van der Waals surface area contributed by atoms with E-state index in [1.807, 2.05) is 0 Å². The number of alkyl halides is 3. The van der Waals surface area contributed by atoms with Gasteiger partial charge < -0.3 is 15.5 Å². The summed E-state index contributed by atoms with van der Waals surface area (Å²) in [6.45, 7) is 0.538. The molecule has 33 heavy (non-hydrogen) atoms. The van der Waals surface area contributed by atoms with Crippen LogP contribution in [0.4, 0.5) is 13.2 Å². The van der Waals surface area contributed by atoms with Gasteiger partial charge in [0, 0.05) is 30.9 Å². The number of rotatable bonds is 6. The maximum atomic E-state index is 13.3. The number of hydrogen-bond acceptors (Lipinski definition) is 6. The number of carboxylic acid groups (broad SMARTS) is 1. The maximum Gasteiger partial charge on any atom is 0.421 e. The second-order valence-electron chi connectivity index (χ2n) is 8.15. The Bertz CT molecular complexity index is 1110. The van der Waals surface area contributed by atoms with Crippen LogP contribution < -0.4 is 5.32 Å². The van der Waals surface area contributed by atoms with E-state index in [1.165, 1.54) is 18.2 Å². The fourth-order valence-electron chi connectivity index (χ4n) is 3.90. The van der Waals surface area contributed by atoms with Gasteiger partial charge in [0.1, 0.15) is 0 Å². The van der Waals surface area contributed by atoms with Crippen molar-refractivity contribution in [3.05, 3.63) is 58.5 Å². The highest BCUT2D eigenvalue weighted by Gasteiger charge is 2.51. The van der Waals surface area contributed by atoms with Crippen molar-refractivity contribution in [3.8, 4) is 0 Å². The molecule has 3 rings (SSSR count). The number of nitrogens with zero attached hydrogens (tertiary/aromatic N) is 1. The van der Waals surface area contributed by atoms with E-state index in [1.54, 1.807) is 12.2 Å². The smallest absolute Gasteiger partial charge is 0.421 e. The first-order chi connectivity index (χ1) is 15.2. The number of carbonyl (C=O) groups is 1. The Balaban J connectivity index is 1.99. The fraction of sp³-hybridized carbons (Fsp3) is 0.429. The zero-order chi connectivity index (χ0) is 24.7. The Morgan fingerprint density at radius 1 is 1.27 bits per heavy atom. The van der Waals surface area contributed by atoms with Crippen LogP contribution in [0.5, 0.6) is 0 Å². The van der Waals surface area contributed by atoms with Crippen molar-refractivity contribution in [2.45, 2.75) is 37.1 Å². The zero-order valence-corrected chi connectivity index (χ0v) is 19.2. The molecule has 1 aliphatic heterocycles. The standard InChI is InChI=1S/C21H23F3N2O5S2/c1-19(29,21(22,23)24)14-6-8-15(9-7-14)20(12-18(27)28)13-26(11-10-25-20)33(30,31)17-5-3-2-4-16(17)32/h2-3,5-9,25,29H,4,10-13H2,1H3,(H,27,28)/t19?,20-/m1/s1. The van der Waals surface area contributed by atoms with E-state index < -0.39 is 45.3 Å². The first-order valence-corrected chi connectivity index (χ1v) is 11.8. The quantitative estimate of drug-likeness (QED) is 0.511. The van der Waals surface area contributed by atoms with E-state index in [2.05, 4.69) is 5.32 Å². The molecule has 3 N–H and O–H groups in total. The van der Waals surface area contributed by atoms with Gasteiger partial charge in [0.15, 0.2) is 5.60 Å². The number of carboxylic acids is 1. The van der Waals surface area contributed by atoms with E-state index >= 15 is 0 Å². The van der Waals surface area contributed by atoms with Crippen molar-refractivity contribution >= 4 is 33.1 Å². The van der Waals surface area contributed by atoms with Crippen molar-refractivity contribution in [2.24, 2.45) is 0 Å². The number of allylic oxidation sites excluding steroid dienone is 4. The van der Waals surface area contributed by atoms with Crippen molar-refractivity contribution in [1.82, 2.24) is 9.62 Å². The van der Waals surface area contributed by atoms with Gasteiger partial charge in [0.2, 0.25) is 10.0 Å². The van der Waals surface area contributed by atoms with E-state index in [0.717, 1.165) is 16.4 Å². The van der Waals surface area contributed by atoms with Crippen LogP contribution in [-0.2, 0) is 26.0 Å². The van der Waals surface area contributed by atoms with Crippen molar-refractivity contribution in [1.29, 1.82) is 0 Å². The average Bonchev–Trinajstić information content (AvgIpc) is 2.73. The lowest BCUT2D eigenvalue weighted by Gasteiger charge is -2.43. The summed E-state index contributed by atoms with van der Waals surface area (Å²) in [6.07, 6.45) is -0.422. The summed E-state index contributed by atoms with van der Waals surface area (Å²) < 4.78 is 67.2. The molecule has 12 heteroatoms. The normalized spacial score (nSPS) is 24.3. The molecule has 0 radical (unpaired) electrons. The topological polar surface area (TPSA) is 107 Å². The predicted molar refractivity (Wildman–Crippen MR) is 119 cm³/mol. The molecule has 1 aromatic rings. The van der Waals surface area contributed by atoms with Crippen LogP contribution in [-0.4, -0.2) is 59.6 Å². The highest BCUT2D eigenvalue weighted by atomic mass is 32.2. The molecule has 1 aliphatic carbocycles. The van der Waals surface area contributed by atoms with Crippen LogP contribution in [0.25, 0.3) is 0 Å². The number of nitrogens with one attached hydrogen (secondary N) is 1. The van der Waals surface area contributed by atoms with Gasteiger partial charge in [-0.3, -0.25) is 4.79 Å². The third-order valence-electron chi connectivity index (χ3n) is 5.86. The van der Waals surface area contributed by atoms with E-state index in [4.69, 9.17) is 12.2 Å². The molecule has 1 heterocycles. The number of halogens is 3. The second kappa shape index (κ2) is 8.91. The molecule has 1 unspecified atom stereocenters. The molecule has 1 saturated heterocycles. The number of aliphatic carboxylic acids is 1. The summed E-state index contributed by atoms with van der Waals surface area (Å²) in [5.41, 5.74) is -4.63. The fourth-order valence-corrected chi connectivity index (χ4v) is 6.01. The minimum Gasteiger partial charge on any atom is -0.481 e. The minimum atomic E-state index is -4.91. The van der Waals surface area contributed by atoms with Crippen molar-refractivity contribution in [2.75, 3.05) is 19.6 Å². The number of benzene rings is 1. The summed E-state index contributed by atoms with van der Waals surface area (Å²) in [4.78, 5) is 11.9. The molecule has 0 saturated carbocycles. The Morgan fingerprint density at radius 2 is 1.91 bits per heavy atom. The van der Waals surface area contributed by atoms with E-state index in [-0.39, 0.29) is 35.0 Å². The predicted octanol–water partition coefficient (Wildman–Crippen LogP) is 2.58. The minimum absolute atomic E-state index is 0.0253. The first-order valence-electron chi connectivity index (χ1n) is 9.98. The summed E-state index contributed by atoms with van der Waals surface area (Å²) in [6, 6.07) is 4.67. The van der Waals surface area contributed by atoms with E-state index in [9.17, 15) is 36.6 Å². The molecule has 7 nitrogen and oxygen atoms in total. The van der Waals surface area contributed by atoms with Crippen molar-refractivity contribution < 1.29 is 36.6 Å². The van der Waals surface area contributed by atoms with Gasteiger partial charge >= 0.3 is 12.1 Å². The van der Waals surface area contributed by atoms with E-state index in [0.29, 0.717) is 13.3 Å². The van der Waals surface area contributed by atoms with Gasteiger partial charge in [-0.05, 0) is 24.1 Å². The number of hydrogen-bond donors (Lipinski definition) is 3. The third-order valence-corrected chi connectivity index (χ3v) is 8.30. The van der Waals surface area contributed by atoms with Crippen molar-refractivity contribution in [3.63, 3.8) is 0 Å². The van der Waals surface area contributed by atoms with Gasteiger partial charge in [-0.25, -0.2) is 8.42 Å². The highest BCUT2D eigenvalue weighted by molar-refractivity contribution is 7.96. The van der Waals surface area contributed by atoms with Crippen LogP contribution in [0.3, 0.4) is 0 Å². The maximum absolute atomic E-state index is 13.3. The summed E-state index contributed by atoms with van der Waals surface area (Å²) in [5, 5.41) is 22.5. The lowest BCUT2D eigenvalue weighted by atomic mass is 9.83. The summed E-state index contributed by atoms with van der Waals surface area (Å²) in [5.74, 6) is -1.22. The molecular weight excluding hydrogens is 481 g/mol. The van der Waals surface area contributed by atoms with Gasteiger partial charge in [-0.1, -0.05) is 48.6 Å². The van der Waals surface area contributed by atoms with Crippen LogP contribution in [0.2, 0.25) is 0 Å². The number of aliphatic hydroxyl groups is 1. The third kappa shape index (κ3) is 4.90.